The average Bonchev–Trinajstić information content (AvgIpc) is 2.34. The Hall–Kier alpha value is -2.04. The van der Waals surface area contributed by atoms with Gasteiger partial charge in [-0.1, -0.05) is 12.1 Å². The van der Waals surface area contributed by atoms with E-state index >= 15 is 0 Å². The van der Waals surface area contributed by atoms with E-state index in [2.05, 4.69) is 5.32 Å². The zero-order valence-electron chi connectivity index (χ0n) is 10.2. The second kappa shape index (κ2) is 5.08. The van der Waals surface area contributed by atoms with Gasteiger partial charge in [0.1, 0.15) is 0 Å². The molecule has 0 aromatic heterocycles. The van der Waals surface area contributed by atoms with Gasteiger partial charge < -0.3 is 15.3 Å². The summed E-state index contributed by atoms with van der Waals surface area (Å²) in [5.41, 5.74) is 0.870. The lowest BCUT2D eigenvalue weighted by Gasteiger charge is -2.31. The summed E-state index contributed by atoms with van der Waals surface area (Å²) >= 11 is 0. The van der Waals surface area contributed by atoms with Crippen molar-refractivity contribution >= 4 is 17.6 Å². The predicted molar refractivity (Wildman–Crippen MR) is 67.7 cm³/mol. The number of nitrogens with one attached hydrogen (secondary N) is 1. The number of amides is 1. The molecule has 1 saturated heterocycles. The summed E-state index contributed by atoms with van der Waals surface area (Å²) < 4.78 is 0. The summed E-state index contributed by atoms with van der Waals surface area (Å²) in [5.74, 6) is -0.807. The van der Waals surface area contributed by atoms with Gasteiger partial charge in [0, 0.05) is 31.7 Å². The number of likely N-dealkylation sites (N-methyl/N-ethyl adjacent to an activating group) is 1. The Bertz CT molecular complexity index is 473. The van der Waals surface area contributed by atoms with Crippen LogP contribution in [-0.4, -0.2) is 41.5 Å². The molecule has 0 aliphatic carbocycles. The predicted octanol–water partition coefficient (Wildman–Crippen LogP) is 1.42. The minimum atomic E-state index is -0.946. The summed E-state index contributed by atoms with van der Waals surface area (Å²) in [6.07, 6.45) is 1.24. The fourth-order valence-corrected chi connectivity index (χ4v) is 2.15. The third kappa shape index (κ3) is 2.61. The van der Waals surface area contributed by atoms with Crippen molar-refractivity contribution in [3.05, 3.63) is 29.8 Å². The highest BCUT2D eigenvalue weighted by molar-refractivity contribution is 5.94. The van der Waals surface area contributed by atoms with Crippen LogP contribution < -0.4 is 5.32 Å². The lowest BCUT2D eigenvalue weighted by Crippen LogP contribution is -2.43. The Labute approximate surface area is 105 Å². The Morgan fingerprint density at radius 3 is 2.83 bits per heavy atom. The van der Waals surface area contributed by atoms with E-state index in [0.29, 0.717) is 18.7 Å². The highest BCUT2D eigenvalue weighted by Gasteiger charge is 2.23. The van der Waals surface area contributed by atoms with Gasteiger partial charge in [0.05, 0.1) is 5.56 Å². The molecular weight excluding hydrogens is 232 g/mol. The zero-order chi connectivity index (χ0) is 13.1. The number of rotatable bonds is 3. The fraction of sp³-hybridized carbons (Fsp3) is 0.385. The summed E-state index contributed by atoms with van der Waals surface area (Å²) in [7, 11) is 1.76. The van der Waals surface area contributed by atoms with Crippen molar-refractivity contribution < 1.29 is 14.7 Å². The van der Waals surface area contributed by atoms with Crippen LogP contribution in [0.15, 0.2) is 24.3 Å². The van der Waals surface area contributed by atoms with E-state index in [-0.39, 0.29) is 17.5 Å². The summed E-state index contributed by atoms with van der Waals surface area (Å²) in [6, 6.07) is 6.92. The molecule has 1 aliphatic heterocycles. The zero-order valence-corrected chi connectivity index (χ0v) is 10.2. The minimum Gasteiger partial charge on any atom is -0.478 e. The topological polar surface area (TPSA) is 69.6 Å². The second-order valence-electron chi connectivity index (χ2n) is 4.50. The highest BCUT2D eigenvalue weighted by Crippen LogP contribution is 2.19. The first-order valence-electron chi connectivity index (χ1n) is 5.90. The highest BCUT2D eigenvalue weighted by atomic mass is 16.4. The van der Waals surface area contributed by atoms with Crippen molar-refractivity contribution in [1.82, 2.24) is 4.90 Å². The number of hydrogen-bond acceptors (Lipinski definition) is 3. The smallest absolute Gasteiger partial charge is 0.337 e. The Morgan fingerprint density at radius 2 is 2.17 bits per heavy atom. The van der Waals surface area contributed by atoms with E-state index in [0.717, 1.165) is 6.42 Å². The van der Waals surface area contributed by atoms with E-state index in [9.17, 15) is 9.59 Å². The molecule has 18 heavy (non-hydrogen) atoms. The van der Waals surface area contributed by atoms with Crippen LogP contribution in [0.4, 0.5) is 5.69 Å². The van der Waals surface area contributed by atoms with Gasteiger partial charge in [0.25, 0.3) is 0 Å². The van der Waals surface area contributed by atoms with Crippen LogP contribution in [-0.2, 0) is 4.79 Å². The largest absolute Gasteiger partial charge is 0.478 e. The molecule has 2 N–H and O–H groups in total. The van der Waals surface area contributed by atoms with E-state index in [4.69, 9.17) is 5.11 Å². The van der Waals surface area contributed by atoms with Crippen LogP contribution in [0.3, 0.4) is 0 Å². The maximum Gasteiger partial charge on any atom is 0.337 e. The molecule has 1 fully saturated rings. The van der Waals surface area contributed by atoms with Gasteiger partial charge in [-0.3, -0.25) is 4.79 Å². The number of carbonyl (C=O) groups excluding carboxylic acids is 1. The van der Waals surface area contributed by atoms with Crippen LogP contribution in [0, 0.1) is 0 Å². The molecule has 1 amide bonds. The molecule has 0 spiro atoms. The number of carboxylic acids is 1. The number of benzene rings is 1. The summed E-state index contributed by atoms with van der Waals surface area (Å²) in [4.78, 5) is 24.1. The molecule has 1 aromatic carbocycles. The van der Waals surface area contributed by atoms with Crippen LogP contribution in [0.1, 0.15) is 23.2 Å². The Balaban J connectivity index is 2.10. The minimum absolute atomic E-state index is 0.105. The number of piperidine rings is 1. The molecule has 0 bridgehead atoms. The van der Waals surface area contributed by atoms with E-state index < -0.39 is 5.97 Å². The standard InChI is InChI=1S/C13H16N2O3/c1-15-8-9(6-7-12(15)16)14-11-5-3-2-4-10(11)13(17)18/h2-5,9,14H,6-8H2,1H3,(H,17,18). The molecule has 1 aromatic rings. The number of hydrogen-bond donors (Lipinski definition) is 2. The number of carbonyl (C=O) groups is 2. The number of carboxylic acid groups (broad SMARTS) is 1. The molecule has 5 nitrogen and oxygen atoms in total. The molecule has 5 heteroatoms. The molecular formula is C13H16N2O3. The third-order valence-corrected chi connectivity index (χ3v) is 3.14. The van der Waals surface area contributed by atoms with Crippen molar-refractivity contribution in [2.45, 2.75) is 18.9 Å². The molecule has 1 atom stereocenters. The van der Waals surface area contributed by atoms with Gasteiger partial charge >= 0.3 is 5.97 Å². The van der Waals surface area contributed by atoms with Gasteiger partial charge in [0.15, 0.2) is 0 Å². The van der Waals surface area contributed by atoms with Gasteiger partial charge in [-0.2, -0.15) is 0 Å². The first kappa shape index (κ1) is 12.4. The number of nitrogens with zero attached hydrogens (tertiary/aromatic N) is 1. The van der Waals surface area contributed by atoms with Gasteiger partial charge in [-0.15, -0.1) is 0 Å². The molecule has 1 unspecified atom stereocenters. The SMILES string of the molecule is CN1CC(Nc2ccccc2C(=O)O)CCC1=O. The third-order valence-electron chi connectivity index (χ3n) is 3.14. The Morgan fingerprint density at radius 1 is 1.44 bits per heavy atom. The lowest BCUT2D eigenvalue weighted by molar-refractivity contribution is -0.132. The van der Waals surface area contributed by atoms with Gasteiger partial charge in [0.2, 0.25) is 5.91 Å². The van der Waals surface area contributed by atoms with Crippen molar-refractivity contribution in [2.24, 2.45) is 0 Å². The van der Waals surface area contributed by atoms with E-state index in [1.165, 1.54) is 0 Å². The van der Waals surface area contributed by atoms with Gasteiger partial charge in [-0.25, -0.2) is 4.79 Å². The van der Waals surface area contributed by atoms with Crippen LogP contribution >= 0.6 is 0 Å². The normalized spacial score (nSPS) is 19.7. The molecule has 0 saturated carbocycles. The monoisotopic (exact) mass is 248 g/mol. The molecule has 96 valence electrons. The number of para-hydroxylation sites is 1. The van der Waals surface area contributed by atoms with Crippen molar-refractivity contribution in [3.8, 4) is 0 Å². The number of aromatic carboxylic acids is 1. The first-order chi connectivity index (χ1) is 8.58. The van der Waals surface area contributed by atoms with E-state index in [1.807, 2.05) is 0 Å². The number of anilines is 1. The molecule has 1 heterocycles. The van der Waals surface area contributed by atoms with Crippen LogP contribution in [0.5, 0.6) is 0 Å². The average molecular weight is 248 g/mol. The number of likely N-dealkylation sites (tertiary alicyclic amines) is 1. The van der Waals surface area contributed by atoms with Crippen LogP contribution in [0.25, 0.3) is 0 Å². The lowest BCUT2D eigenvalue weighted by atomic mass is 10.0. The van der Waals surface area contributed by atoms with Crippen LogP contribution in [0.2, 0.25) is 0 Å². The molecule has 2 rings (SSSR count). The quantitative estimate of drug-likeness (QED) is 0.848. The molecule has 0 radical (unpaired) electrons. The maximum absolute atomic E-state index is 11.4. The maximum atomic E-state index is 11.4. The van der Waals surface area contributed by atoms with Gasteiger partial charge in [-0.05, 0) is 18.6 Å². The molecule has 1 aliphatic rings. The summed E-state index contributed by atoms with van der Waals surface area (Å²) in [6.45, 7) is 0.604. The fourth-order valence-electron chi connectivity index (χ4n) is 2.15. The van der Waals surface area contributed by atoms with Crippen molar-refractivity contribution in [2.75, 3.05) is 18.9 Å². The second-order valence-corrected chi connectivity index (χ2v) is 4.50. The summed E-state index contributed by atoms with van der Waals surface area (Å²) in [5, 5.41) is 12.3. The van der Waals surface area contributed by atoms with Crippen molar-refractivity contribution in [3.63, 3.8) is 0 Å². The first-order valence-corrected chi connectivity index (χ1v) is 5.90. The van der Waals surface area contributed by atoms with Crippen molar-refractivity contribution in [1.29, 1.82) is 0 Å². The Kier molecular flexibility index (Phi) is 3.50. The van der Waals surface area contributed by atoms with E-state index in [1.54, 1.807) is 36.2 Å².